The number of anilines is 1. The molecular formula is C7H10N2O2. The summed E-state index contributed by atoms with van der Waals surface area (Å²) in [7, 11) is 1.50. The van der Waals surface area contributed by atoms with Crippen LogP contribution in [0.4, 0.5) is 5.69 Å². The van der Waals surface area contributed by atoms with Gasteiger partial charge in [0.25, 0.3) is 0 Å². The third kappa shape index (κ3) is 1.59. The van der Waals surface area contributed by atoms with Crippen molar-refractivity contribution in [3.05, 3.63) is 17.8 Å². The molecule has 0 aliphatic rings. The first-order valence-electron chi connectivity index (χ1n) is 3.17. The van der Waals surface area contributed by atoms with Gasteiger partial charge < -0.3 is 15.6 Å². The Bertz CT molecular complexity index is 250. The van der Waals surface area contributed by atoms with Crippen molar-refractivity contribution < 1.29 is 9.84 Å². The Balaban J connectivity index is 2.99. The summed E-state index contributed by atoms with van der Waals surface area (Å²) in [5, 5.41) is 8.69. The number of aliphatic hydroxyl groups excluding tert-OH is 1. The SMILES string of the molecule is COc1ncc(CO)cc1N. The zero-order valence-corrected chi connectivity index (χ0v) is 6.24. The average Bonchev–Trinajstić information content (AvgIpc) is 2.04. The molecule has 0 amide bonds. The summed E-state index contributed by atoms with van der Waals surface area (Å²) in [5.74, 6) is 0.391. The van der Waals surface area contributed by atoms with Crippen LogP contribution in [0.3, 0.4) is 0 Å². The van der Waals surface area contributed by atoms with Crippen LogP contribution >= 0.6 is 0 Å². The minimum absolute atomic E-state index is 0.0544. The number of nitrogens with two attached hydrogens (primary N) is 1. The van der Waals surface area contributed by atoms with Crippen LogP contribution in [-0.4, -0.2) is 17.2 Å². The standard InChI is InChI=1S/C7H10N2O2/c1-11-7-6(8)2-5(4-10)3-9-7/h2-3,10H,4,8H2,1H3. The molecule has 60 valence electrons. The third-order valence-corrected chi connectivity index (χ3v) is 1.31. The highest BCUT2D eigenvalue weighted by atomic mass is 16.5. The first-order valence-corrected chi connectivity index (χ1v) is 3.17. The van der Waals surface area contributed by atoms with Crippen LogP contribution in [0, 0.1) is 0 Å². The lowest BCUT2D eigenvalue weighted by atomic mass is 10.3. The van der Waals surface area contributed by atoms with E-state index in [0.29, 0.717) is 17.1 Å². The molecule has 0 aliphatic heterocycles. The van der Waals surface area contributed by atoms with E-state index in [9.17, 15) is 0 Å². The zero-order valence-electron chi connectivity index (χ0n) is 6.24. The maximum absolute atomic E-state index is 8.69. The number of hydrogen-bond donors (Lipinski definition) is 2. The molecule has 0 aliphatic carbocycles. The van der Waals surface area contributed by atoms with Gasteiger partial charge in [-0.05, 0) is 11.6 Å². The lowest BCUT2D eigenvalue weighted by Gasteiger charge is -2.03. The third-order valence-electron chi connectivity index (χ3n) is 1.31. The van der Waals surface area contributed by atoms with Crippen molar-refractivity contribution in [3.8, 4) is 5.88 Å². The summed E-state index contributed by atoms with van der Waals surface area (Å²) in [6.07, 6.45) is 1.52. The molecule has 1 aromatic heterocycles. The lowest BCUT2D eigenvalue weighted by Crippen LogP contribution is -1.96. The van der Waals surface area contributed by atoms with Gasteiger partial charge in [-0.15, -0.1) is 0 Å². The summed E-state index contributed by atoms with van der Waals surface area (Å²) in [6, 6.07) is 1.63. The topological polar surface area (TPSA) is 68.4 Å². The molecule has 0 saturated heterocycles. The van der Waals surface area contributed by atoms with E-state index in [1.165, 1.54) is 13.3 Å². The number of rotatable bonds is 2. The van der Waals surface area contributed by atoms with Gasteiger partial charge in [-0.3, -0.25) is 0 Å². The first kappa shape index (κ1) is 7.81. The molecule has 3 N–H and O–H groups in total. The van der Waals surface area contributed by atoms with Gasteiger partial charge in [0.05, 0.1) is 19.4 Å². The van der Waals surface area contributed by atoms with E-state index in [0.717, 1.165) is 0 Å². The average molecular weight is 154 g/mol. The number of methoxy groups -OCH3 is 1. The van der Waals surface area contributed by atoms with E-state index in [1.54, 1.807) is 6.07 Å². The van der Waals surface area contributed by atoms with E-state index in [2.05, 4.69) is 4.98 Å². The Morgan fingerprint density at radius 1 is 1.73 bits per heavy atom. The van der Waals surface area contributed by atoms with Crippen LogP contribution in [-0.2, 0) is 6.61 Å². The monoisotopic (exact) mass is 154 g/mol. The van der Waals surface area contributed by atoms with Crippen molar-refractivity contribution in [1.29, 1.82) is 0 Å². The van der Waals surface area contributed by atoms with Crippen LogP contribution in [0.15, 0.2) is 12.3 Å². The Morgan fingerprint density at radius 3 is 2.91 bits per heavy atom. The smallest absolute Gasteiger partial charge is 0.236 e. The van der Waals surface area contributed by atoms with Crippen molar-refractivity contribution in [3.63, 3.8) is 0 Å². The molecule has 0 aromatic carbocycles. The van der Waals surface area contributed by atoms with E-state index in [-0.39, 0.29) is 6.61 Å². The van der Waals surface area contributed by atoms with Crippen LogP contribution in [0.2, 0.25) is 0 Å². The zero-order chi connectivity index (χ0) is 8.27. The molecular weight excluding hydrogens is 144 g/mol. The predicted molar refractivity (Wildman–Crippen MR) is 41.1 cm³/mol. The first-order chi connectivity index (χ1) is 5.27. The Kier molecular flexibility index (Phi) is 2.28. The van der Waals surface area contributed by atoms with Gasteiger partial charge in [-0.1, -0.05) is 0 Å². The van der Waals surface area contributed by atoms with Crippen LogP contribution in [0.25, 0.3) is 0 Å². The van der Waals surface area contributed by atoms with Crippen molar-refractivity contribution in [2.24, 2.45) is 0 Å². The normalized spacial score (nSPS) is 9.64. The summed E-state index contributed by atoms with van der Waals surface area (Å²) in [4.78, 5) is 3.86. The molecule has 0 fully saturated rings. The fraction of sp³-hybridized carbons (Fsp3) is 0.286. The second kappa shape index (κ2) is 3.21. The summed E-state index contributed by atoms with van der Waals surface area (Å²) >= 11 is 0. The summed E-state index contributed by atoms with van der Waals surface area (Å²) in [5.41, 5.74) is 6.64. The maximum Gasteiger partial charge on any atom is 0.236 e. The molecule has 1 aromatic rings. The van der Waals surface area contributed by atoms with Gasteiger partial charge in [0.2, 0.25) is 5.88 Å². The van der Waals surface area contributed by atoms with Gasteiger partial charge in [-0.25, -0.2) is 4.98 Å². The van der Waals surface area contributed by atoms with Crippen molar-refractivity contribution in [2.45, 2.75) is 6.61 Å². The quantitative estimate of drug-likeness (QED) is 0.637. The van der Waals surface area contributed by atoms with Crippen LogP contribution < -0.4 is 10.5 Å². The number of nitrogen functional groups attached to an aromatic ring is 1. The van der Waals surface area contributed by atoms with Gasteiger partial charge in [0, 0.05) is 6.20 Å². The fourth-order valence-corrected chi connectivity index (χ4v) is 0.772. The van der Waals surface area contributed by atoms with Crippen LogP contribution in [0.1, 0.15) is 5.56 Å². The van der Waals surface area contributed by atoms with Gasteiger partial charge in [0.1, 0.15) is 0 Å². The Morgan fingerprint density at radius 2 is 2.45 bits per heavy atom. The van der Waals surface area contributed by atoms with E-state index < -0.39 is 0 Å². The summed E-state index contributed by atoms with van der Waals surface area (Å²) < 4.78 is 4.83. The predicted octanol–water partition coefficient (Wildman–Crippen LogP) is 0.165. The maximum atomic E-state index is 8.69. The molecule has 1 rings (SSSR count). The van der Waals surface area contributed by atoms with E-state index in [4.69, 9.17) is 15.6 Å². The highest BCUT2D eigenvalue weighted by molar-refractivity contribution is 5.49. The number of nitrogens with zero attached hydrogens (tertiary/aromatic N) is 1. The van der Waals surface area contributed by atoms with Crippen molar-refractivity contribution in [1.82, 2.24) is 4.98 Å². The molecule has 4 heteroatoms. The molecule has 11 heavy (non-hydrogen) atoms. The minimum Gasteiger partial charge on any atom is -0.480 e. The van der Waals surface area contributed by atoms with Gasteiger partial charge in [0.15, 0.2) is 0 Å². The summed E-state index contributed by atoms with van der Waals surface area (Å²) in [6.45, 7) is -0.0544. The van der Waals surface area contributed by atoms with E-state index in [1.807, 2.05) is 0 Å². The fourth-order valence-electron chi connectivity index (χ4n) is 0.772. The number of hydrogen-bond acceptors (Lipinski definition) is 4. The molecule has 0 radical (unpaired) electrons. The van der Waals surface area contributed by atoms with E-state index >= 15 is 0 Å². The highest BCUT2D eigenvalue weighted by Gasteiger charge is 2.00. The van der Waals surface area contributed by atoms with Crippen molar-refractivity contribution in [2.75, 3.05) is 12.8 Å². The lowest BCUT2D eigenvalue weighted by molar-refractivity contribution is 0.281. The second-order valence-corrected chi connectivity index (χ2v) is 2.10. The number of ether oxygens (including phenoxy) is 1. The molecule has 0 unspecified atom stereocenters. The molecule has 0 atom stereocenters. The van der Waals surface area contributed by atoms with Crippen molar-refractivity contribution >= 4 is 5.69 Å². The van der Waals surface area contributed by atoms with Crippen LogP contribution in [0.5, 0.6) is 5.88 Å². The molecule has 1 heterocycles. The number of pyridine rings is 1. The minimum atomic E-state index is -0.0544. The number of aliphatic hydroxyl groups is 1. The largest absolute Gasteiger partial charge is 0.480 e. The second-order valence-electron chi connectivity index (χ2n) is 2.10. The van der Waals surface area contributed by atoms with Gasteiger partial charge in [-0.2, -0.15) is 0 Å². The molecule has 0 spiro atoms. The molecule has 0 bridgehead atoms. The Labute approximate surface area is 64.6 Å². The highest BCUT2D eigenvalue weighted by Crippen LogP contribution is 2.17. The molecule has 4 nitrogen and oxygen atoms in total. The van der Waals surface area contributed by atoms with Gasteiger partial charge >= 0.3 is 0 Å². The molecule has 0 saturated carbocycles. The number of aromatic nitrogens is 1. The Hall–Kier alpha value is -1.29.